The number of ketones is 1. The number of hydrogen-bond acceptors (Lipinski definition) is 4. The number of benzene rings is 2. The van der Waals surface area contributed by atoms with Gasteiger partial charge in [0.1, 0.15) is 17.6 Å². The van der Waals surface area contributed by atoms with Gasteiger partial charge in [0.15, 0.2) is 12.4 Å². The molecule has 2 aromatic rings. The molecule has 0 bridgehead atoms. The van der Waals surface area contributed by atoms with Crippen LogP contribution >= 0.6 is 15.9 Å². The Labute approximate surface area is 131 Å². The number of carbonyl (C=O) groups is 1. The van der Waals surface area contributed by atoms with E-state index in [9.17, 15) is 4.79 Å². The zero-order chi connectivity index (χ0) is 15.2. The summed E-state index contributed by atoms with van der Waals surface area (Å²) in [5, 5.41) is 9.03. The molecule has 106 valence electrons. The smallest absolute Gasteiger partial charge is 0.200 e. The first-order valence-corrected chi connectivity index (χ1v) is 6.93. The maximum atomic E-state index is 12.0. The van der Waals surface area contributed by atoms with Crippen LogP contribution in [0.25, 0.3) is 0 Å². The topological polar surface area (TPSA) is 59.3 Å². The lowest BCUT2D eigenvalue weighted by molar-refractivity contribution is 0.0921. The van der Waals surface area contributed by atoms with Gasteiger partial charge in [0.2, 0.25) is 0 Å². The van der Waals surface area contributed by atoms with Crippen LogP contribution in [0.1, 0.15) is 15.9 Å². The standard InChI is InChI=1S/C16H12BrNO3/c1-20-14-5-2-11(3-6-14)15(19)10-21-16-7-4-13(17)8-12(16)9-18/h2-8H,10H2,1H3. The van der Waals surface area contributed by atoms with Crippen molar-refractivity contribution in [2.45, 2.75) is 0 Å². The lowest BCUT2D eigenvalue weighted by Crippen LogP contribution is -2.12. The summed E-state index contributed by atoms with van der Waals surface area (Å²) in [7, 11) is 1.57. The summed E-state index contributed by atoms with van der Waals surface area (Å²) in [5.41, 5.74) is 0.915. The maximum absolute atomic E-state index is 12.0. The highest BCUT2D eigenvalue weighted by molar-refractivity contribution is 9.10. The Balaban J connectivity index is 2.05. The maximum Gasteiger partial charge on any atom is 0.200 e. The number of nitriles is 1. The minimum atomic E-state index is -0.163. The molecule has 5 heteroatoms. The van der Waals surface area contributed by atoms with Crippen molar-refractivity contribution < 1.29 is 14.3 Å². The quantitative estimate of drug-likeness (QED) is 0.777. The van der Waals surface area contributed by atoms with Gasteiger partial charge in [-0.05, 0) is 42.5 Å². The monoisotopic (exact) mass is 345 g/mol. The van der Waals surface area contributed by atoms with Crippen LogP contribution in [0, 0.1) is 11.3 Å². The largest absolute Gasteiger partial charge is 0.497 e. The second-order valence-electron chi connectivity index (χ2n) is 4.19. The number of hydrogen-bond donors (Lipinski definition) is 0. The lowest BCUT2D eigenvalue weighted by atomic mass is 10.1. The predicted octanol–water partition coefficient (Wildman–Crippen LogP) is 3.59. The Morgan fingerprint density at radius 3 is 2.57 bits per heavy atom. The fraction of sp³-hybridized carbons (Fsp3) is 0.125. The van der Waals surface area contributed by atoms with Gasteiger partial charge >= 0.3 is 0 Å². The van der Waals surface area contributed by atoms with Gasteiger partial charge in [-0.2, -0.15) is 5.26 Å². The summed E-state index contributed by atoms with van der Waals surface area (Å²) in [4.78, 5) is 12.0. The van der Waals surface area contributed by atoms with E-state index in [0.29, 0.717) is 22.6 Å². The molecule has 0 unspecified atom stereocenters. The van der Waals surface area contributed by atoms with Crippen LogP contribution in [-0.4, -0.2) is 19.5 Å². The zero-order valence-corrected chi connectivity index (χ0v) is 12.9. The highest BCUT2D eigenvalue weighted by atomic mass is 79.9. The SMILES string of the molecule is COc1ccc(C(=O)COc2ccc(Br)cc2C#N)cc1. The van der Waals surface area contributed by atoms with Gasteiger partial charge in [0.05, 0.1) is 12.7 Å². The summed E-state index contributed by atoms with van der Waals surface area (Å²) >= 11 is 3.28. The highest BCUT2D eigenvalue weighted by Crippen LogP contribution is 2.22. The molecule has 0 amide bonds. The summed E-state index contributed by atoms with van der Waals surface area (Å²) in [5.74, 6) is 0.916. The molecular weight excluding hydrogens is 334 g/mol. The van der Waals surface area contributed by atoms with Crippen LogP contribution in [-0.2, 0) is 0 Å². The fourth-order valence-corrected chi connectivity index (χ4v) is 2.08. The Morgan fingerprint density at radius 1 is 1.24 bits per heavy atom. The predicted molar refractivity (Wildman–Crippen MR) is 81.7 cm³/mol. The van der Waals surface area contributed by atoms with Gasteiger partial charge in [-0.3, -0.25) is 4.79 Å². The first-order valence-electron chi connectivity index (χ1n) is 6.13. The Hall–Kier alpha value is -2.32. The van der Waals surface area contributed by atoms with Crippen LogP contribution in [0.4, 0.5) is 0 Å². The summed E-state index contributed by atoms with van der Waals surface area (Å²) in [6.45, 7) is -0.122. The molecule has 0 radical (unpaired) electrons. The molecule has 2 rings (SSSR count). The lowest BCUT2D eigenvalue weighted by Gasteiger charge is -2.08. The Bertz CT molecular complexity index is 690. The number of halogens is 1. The molecule has 0 aliphatic rings. The second kappa shape index (κ2) is 6.91. The van der Waals surface area contributed by atoms with Crippen LogP contribution in [0.2, 0.25) is 0 Å². The van der Waals surface area contributed by atoms with Crippen molar-refractivity contribution in [3.63, 3.8) is 0 Å². The number of ether oxygens (including phenoxy) is 2. The molecule has 0 N–H and O–H groups in total. The Morgan fingerprint density at radius 2 is 1.95 bits per heavy atom. The molecule has 0 saturated heterocycles. The molecule has 0 aliphatic heterocycles. The van der Waals surface area contributed by atoms with Gasteiger partial charge in [-0.15, -0.1) is 0 Å². The van der Waals surface area contributed by atoms with Crippen LogP contribution < -0.4 is 9.47 Å². The number of nitrogens with zero attached hydrogens (tertiary/aromatic N) is 1. The van der Waals surface area contributed by atoms with Crippen molar-refractivity contribution in [2.75, 3.05) is 13.7 Å². The molecule has 0 aromatic heterocycles. The van der Waals surface area contributed by atoms with E-state index in [-0.39, 0.29) is 12.4 Å². The van der Waals surface area contributed by atoms with Crippen LogP contribution in [0.3, 0.4) is 0 Å². The second-order valence-corrected chi connectivity index (χ2v) is 5.11. The van der Waals surface area contributed by atoms with Crippen molar-refractivity contribution in [3.8, 4) is 17.6 Å². The van der Waals surface area contributed by atoms with E-state index in [1.165, 1.54) is 0 Å². The van der Waals surface area contributed by atoms with Gasteiger partial charge in [0, 0.05) is 10.0 Å². The average molecular weight is 346 g/mol. The van der Waals surface area contributed by atoms with E-state index >= 15 is 0 Å². The van der Waals surface area contributed by atoms with Gasteiger partial charge in [0.25, 0.3) is 0 Å². The van der Waals surface area contributed by atoms with E-state index < -0.39 is 0 Å². The normalized spacial score (nSPS) is 9.76. The molecule has 0 saturated carbocycles. The first-order chi connectivity index (χ1) is 10.1. The van der Waals surface area contributed by atoms with Gasteiger partial charge < -0.3 is 9.47 Å². The van der Waals surface area contributed by atoms with Gasteiger partial charge in [-0.1, -0.05) is 15.9 Å². The van der Waals surface area contributed by atoms with Crippen LogP contribution in [0.5, 0.6) is 11.5 Å². The summed E-state index contributed by atoms with van der Waals surface area (Å²) in [6.07, 6.45) is 0. The fourth-order valence-electron chi connectivity index (χ4n) is 1.72. The number of methoxy groups -OCH3 is 1. The highest BCUT2D eigenvalue weighted by Gasteiger charge is 2.09. The number of carbonyl (C=O) groups excluding carboxylic acids is 1. The molecule has 4 nitrogen and oxygen atoms in total. The minimum absolute atomic E-state index is 0.122. The molecule has 0 spiro atoms. The van der Waals surface area contributed by atoms with Crippen molar-refractivity contribution >= 4 is 21.7 Å². The molecule has 0 atom stereocenters. The molecule has 21 heavy (non-hydrogen) atoms. The first kappa shape index (κ1) is 15.1. The summed E-state index contributed by atoms with van der Waals surface area (Å²) in [6, 6.07) is 13.9. The number of rotatable bonds is 5. The molecule has 0 fully saturated rings. The number of Topliss-reactive ketones (excluding diaryl/α,β-unsaturated/α-hetero) is 1. The van der Waals surface area contributed by atoms with Crippen molar-refractivity contribution in [1.29, 1.82) is 5.26 Å². The van der Waals surface area contributed by atoms with E-state index in [1.54, 1.807) is 49.6 Å². The van der Waals surface area contributed by atoms with Crippen molar-refractivity contribution in [3.05, 3.63) is 58.1 Å². The van der Waals surface area contributed by atoms with Crippen molar-refractivity contribution in [2.24, 2.45) is 0 Å². The zero-order valence-electron chi connectivity index (χ0n) is 11.3. The molecule has 0 aliphatic carbocycles. The molecule has 0 heterocycles. The average Bonchev–Trinajstić information content (AvgIpc) is 2.53. The summed E-state index contributed by atoms with van der Waals surface area (Å²) < 4.78 is 11.3. The van der Waals surface area contributed by atoms with E-state index in [1.807, 2.05) is 6.07 Å². The van der Waals surface area contributed by atoms with Crippen LogP contribution in [0.15, 0.2) is 46.9 Å². The third kappa shape index (κ3) is 3.83. The Kier molecular flexibility index (Phi) is 4.96. The van der Waals surface area contributed by atoms with Gasteiger partial charge in [-0.25, -0.2) is 0 Å². The van der Waals surface area contributed by atoms with E-state index in [2.05, 4.69) is 15.9 Å². The van der Waals surface area contributed by atoms with Crippen molar-refractivity contribution in [1.82, 2.24) is 0 Å². The third-order valence-corrected chi connectivity index (χ3v) is 3.33. The molecule has 2 aromatic carbocycles. The van der Waals surface area contributed by atoms with E-state index in [4.69, 9.17) is 14.7 Å². The minimum Gasteiger partial charge on any atom is -0.497 e. The van der Waals surface area contributed by atoms with E-state index in [0.717, 1.165) is 4.47 Å². The molecular formula is C16H12BrNO3. The third-order valence-electron chi connectivity index (χ3n) is 2.83.